The number of halogens is 2. The Morgan fingerprint density at radius 1 is 1.05 bits per heavy atom. The summed E-state index contributed by atoms with van der Waals surface area (Å²) in [5.41, 5.74) is 0.839. The summed E-state index contributed by atoms with van der Waals surface area (Å²) in [5, 5.41) is 11.7. The number of hydrogen-bond donors (Lipinski definition) is 2. The van der Waals surface area contributed by atoms with Crippen LogP contribution in [0.1, 0.15) is 0 Å². The van der Waals surface area contributed by atoms with Crippen LogP contribution in [0, 0.1) is 0 Å². The molecule has 1 aliphatic rings. The van der Waals surface area contributed by atoms with Gasteiger partial charge in [0.1, 0.15) is 0 Å². The third-order valence-electron chi connectivity index (χ3n) is 3.01. The highest BCUT2D eigenvalue weighted by molar-refractivity contribution is 6.35. The molecule has 1 aromatic heterocycles. The minimum absolute atomic E-state index is 0.586. The summed E-state index contributed by atoms with van der Waals surface area (Å²) in [6.45, 7) is 3.72. The fourth-order valence-corrected chi connectivity index (χ4v) is 2.60. The van der Waals surface area contributed by atoms with Gasteiger partial charge < -0.3 is 10.2 Å². The van der Waals surface area contributed by atoms with Gasteiger partial charge in [0.25, 0.3) is 0 Å². The Balaban J connectivity index is 1.87. The third-order valence-corrected chi connectivity index (χ3v) is 3.45. The summed E-state index contributed by atoms with van der Waals surface area (Å²) in [4.78, 5) is 6.64. The Kier molecular flexibility index (Phi) is 3.59. The number of anilines is 1. The molecule has 19 heavy (non-hydrogen) atoms. The lowest BCUT2D eigenvalue weighted by Crippen LogP contribution is -2.44. The van der Waals surface area contributed by atoms with Gasteiger partial charge in [-0.3, -0.25) is 5.10 Å². The van der Waals surface area contributed by atoms with Gasteiger partial charge >= 0.3 is 0 Å². The molecule has 0 atom stereocenters. The van der Waals surface area contributed by atoms with Crippen molar-refractivity contribution in [3.63, 3.8) is 0 Å². The molecule has 1 aliphatic heterocycles. The monoisotopic (exact) mass is 297 g/mol. The molecule has 0 saturated carbocycles. The summed E-state index contributed by atoms with van der Waals surface area (Å²) < 4.78 is 0. The number of aromatic amines is 1. The smallest absolute Gasteiger partial charge is 0.245 e. The van der Waals surface area contributed by atoms with Crippen LogP contribution >= 0.6 is 23.2 Å². The molecule has 1 aromatic carbocycles. The van der Waals surface area contributed by atoms with Crippen molar-refractivity contribution < 1.29 is 0 Å². The number of piperazine rings is 1. The van der Waals surface area contributed by atoms with Crippen LogP contribution in [0.15, 0.2) is 18.2 Å². The van der Waals surface area contributed by atoms with Crippen LogP contribution < -0.4 is 10.2 Å². The Morgan fingerprint density at radius 2 is 1.74 bits per heavy atom. The van der Waals surface area contributed by atoms with E-state index in [-0.39, 0.29) is 0 Å². The summed E-state index contributed by atoms with van der Waals surface area (Å²) in [6, 6.07) is 5.32. The van der Waals surface area contributed by atoms with E-state index in [1.807, 2.05) is 12.1 Å². The zero-order chi connectivity index (χ0) is 13.2. The van der Waals surface area contributed by atoms with E-state index in [1.54, 1.807) is 6.07 Å². The lowest BCUT2D eigenvalue weighted by atomic mass is 10.2. The minimum Gasteiger partial charge on any atom is -0.337 e. The molecule has 5 nitrogen and oxygen atoms in total. The highest BCUT2D eigenvalue weighted by Crippen LogP contribution is 2.25. The minimum atomic E-state index is 0.586. The van der Waals surface area contributed by atoms with Crippen LogP contribution in [0.4, 0.5) is 5.95 Å². The van der Waals surface area contributed by atoms with E-state index in [0.29, 0.717) is 21.8 Å². The first-order valence-electron chi connectivity index (χ1n) is 6.07. The second kappa shape index (κ2) is 5.36. The molecule has 2 heterocycles. The molecule has 0 aliphatic carbocycles. The first-order chi connectivity index (χ1) is 9.22. The van der Waals surface area contributed by atoms with Crippen LogP contribution in [-0.2, 0) is 0 Å². The molecule has 0 unspecified atom stereocenters. The van der Waals surface area contributed by atoms with Crippen molar-refractivity contribution in [3.8, 4) is 11.4 Å². The Labute approximate surface area is 120 Å². The molecule has 7 heteroatoms. The van der Waals surface area contributed by atoms with Gasteiger partial charge in [-0.25, -0.2) is 0 Å². The summed E-state index contributed by atoms with van der Waals surface area (Å²) in [6.07, 6.45) is 0. The van der Waals surface area contributed by atoms with Crippen LogP contribution in [0.5, 0.6) is 0 Å². The number of rotatable bonds is 2. The average molecular weight is 298 g/mol. The van der Waals surface area contributed by atoms with E-state index in [1.165, 1.54) is 0 Å². The molecule has 0 spiro atoms. The van der Waals surface area contributed by atoms with Gasteiger partial charge in [0.05, 0.1) is 0 Å². The summed E-state index contributed by atoms with van der Waals surface area (Å²) in [5.74, 6) is 1.39. The maximum Gasteiger partial charge on any atom is 0.245 e. The molecule has 0 bridgehead atoms. The van der Waals surface area contributed by atoms with Crippen molar-refractivity contribution in [2.24, 2.45) is 0 Å². The molecule has 1 saturated heterocycles. The number of benzene rings is 1. The number of nitrogens with zero attached hydrogens (tertiary/aromatic N) is 3. The van der Waals surface area contributed by atoms with Gasteiger partial charge in [-0.05, 0) is 18.2 Å². The van der Waals surface area contributed by atoms with Crippen LogP contribution in [0.25, 0.3) is 11.4 Å². The zero-order valence-electron chi connectivity index (χ0n) is 10.2. The van der Waals surface area contributed by atoms with E-state index in [2.05, 4.69) is 25.4 Å². The van der Waals surface area contributed by atoms with E-state index < -0.39 is 0 Å². The number of H-pyrrole nitrogens is 1. The highest BCUT2D eigenvalue weighted by Gasteiger charge is 2.15. The SMILES string of the molecule is Clc1cc(Cl)cc(-c2nc(N3CCNCC3)n[nH]2)c1. The normalized spacial score (nSPS) is 15.8. The lowest BCUT2D eigenvalue weighted by molar-refractivity contribution is 0.580. The Bertz CT molecular complexity index is 557. The largest absolute Gasteiger partial charge is 0.337 e. The van der Waals surface area contributed by atoms with Crippen molar-refractivity contribution >= 4 is 29.2 Å². The number of aromatic nitrogens is 3. The van der Waals surface area contributed by atoms with E-state index in [4.69, 9.17) is 23.2 Å². The zero-order valence-corrected chi connectivity index (χ0v) is 11.7. The maximum absolute atomic E-state index is 5.99. The van der Waals surface area contributed by atoms with Gasteiger partial charge in [-0.15, -0.1) is 5.10 Å². The van der Waals surface area contributed by atoms with Crippen LogP contribution in [-0.4, -0.2) is 41.4 Å². The molecule has 0 amide bonds. The average Bonchev–Trinajstić information content (AvgIpc) is 2.88. The van der Waals surface area contributed by atoms with Gasteiger partial charge in [-0.1, -0.05) is 23.2 Å². The highest BCUT2D eigenvalue weighted by atomic mass is 35.5. The van der Waals surface area contributed by atoms with Gasteiger partial charge in [-0.2, -0.15) is 4.98 Å². The number of hydrogen-bond acceptors (Lipinski definition) is 4. The molecule has 1 fully saturated rings. The maximum atomic E-state index is 5.99. The van der Waals surface area contributed by atoms with Crippen molar-refractivity contribution in [1.29, 1.82) is 0 Å². The molecule has 100 valence electrons. The quantitative estimate of drug-likeness (QED) is 0.892. The van der Waals surface area contributed by atoms with E-state index in [0.717, 1.165) is 31.7 Å². The molecular formula is C12H13Cl2N5. The Morgan fingerprint density at radius 3 is 2.42 bits per heavy atom. The van der Waals surface area contributed by atoms with Crippen molar-refractivity contribution in [2.75, 3.05) is 31.1 Å². The fourth-order valence-electron chi connectivity index (χ4n) is 2.08. The van der Waals surface area contributed by atoms with Crippen molar-refractivity contribution in [2.45, 2.75) is 0 Å². The molecular weight excluding hydrogens is 285 g/mol. The van der Waals surface area contributed by atoms with E-state index >= 15 is 0 Å². The first-order valence-corrected chi connectivity index (χ1v) is 6.82. The van der Waals surface area contributed by atoms with Crippen LogP contribution in [0.2, 0.25) is 10.0 Å². The van der Waals surface area contributed by atoms with Gasteiger partial charge in [0.15, 0.2) is 5.82 Å². The van der Waals surface area contributed by atoms with E-state index in [9.17, 15) is 0 Å². The standard InChI is InChI=1S/C12H13Cl2N5/c13-9-5-8(6-10(14)7-9)11-16-12(18-17-11)19-3-1-15-2-4-19/h5-7,15H,1-4H2,(H,16,17,18). The topological polar surface area (TPSA) is 56.8 Å². The summed E-state index contributed by atoms with van der Waals surface area (Å²) in [7, 11) is 0. The Hall–Kier alpha value is -1.30. The predicted molar refractivity (Wildman–Crippen MR) is 76.9 cm³/mol. The fraction of sp³-hybridized carbons (Fsp3) is 0.333. The van der Waals surface area contributed by atoms with Crippen molar-refractivity contribution in [3.05, 3.63) is 28.2 Å². The second-order valence-corrected chi connectivity index (χ2v) is 5.25. The van der Waals surface area contributed by atoms with Gasteiger partial charge in [0.2, 0.25) is 5.95 Å². The predicted octanol–water partition coefficient (Wildman–Crippen LogP) is 2.19. The molecule has 2 N–H and O–H groups in total. The summed E-state index contributed by atoms with van der Waals surface area (Å²) >= 11 is 12.0. The van der Waals surface area contributed by atoms with Crippen molar-refractivity contribution in [1.82, 2.24) is 20.5 Å². The lowest BCUT2D eigenvalue weighted by Gasteiger charge is -2.25. The third kappa shape index (κ3) is 2.83. The molecule has 0 radical (unpaired) electrons. The number of nitrogens with one attached hydrogen (secondary N) is 2. The second-order valence-electron chi connectivity index (χ2n) is 4.38. The van der Waals surface area contributed by atoms with Crippen LogP contribution in [0.3, 0.4) is 0 Å². The molecule has 3 rings (SSSR count). The first kappa shape index (κ1) is 12.7. The van der Waals surface area contributed by atoms with Gasteiger partial charge in [0, 0.05) is 41.8 Å². The molecule has 2 aromatic rings.